The Hall–Kier alpha value is -9.30. The second kappa shape index (κ2) is 40.7. The number of nitrogens with zero attached hydrogens (tertiary/aromatic N) is 3. The number of aromatic nitrogens is 3. The van der Waals surface area contributed by atoms with Crippen LogP contribution < -0.4 is 28.5 Å². The van der Waals surface area contributed by atoms with E-state index in [0.29, 0.717) is 31.7 Å². The summed E-state index contributed by atoms with van der Waals surface area (Å²) in [6.07, 6.45) is 9.49. The summed E-state index contributed by atoms with van der Waals surface area (Å²) in [5.74, 6) is 6.52. The van der Waals surface area contributed by atoms with E-state index < -0.39 is 18.3 Å². The van der Waals surface area contributed by atoms with E-state index in [-0.39, 0.29) is 62.6 Å². The van der Waals surface area contributed by atoms with Crippen molar-refractivity contribution in [2.75, 3.05) is 39.8 Å². The lowest BCUT2D eigenvalue weighted by molar-refractivity contribution is 0.00578. The zero-order chi connectivity index (χ0) is 99.7. The van der Waals surface area contributed by atoms with Gasteiger partial charge in [-0.3, -0.25) is 0 Å². The average molecular weight is 2160 g/mol. The van der Waals surface area contributed by atoms with Gasteiger partial charge in [-0.05, 0) is 316 Å². The SMILES string of the molecule is CC(C)(C)c1ccc2c(c1)c1cc(C(C)(C)C)ccc1n2-c1csc(-c2ccccc2OC[C@@H]2CCCC[C@H]2COc2ccccc2-c2scc(-n3c4ccc(C(C)(C)C)cc4c4cc(C(C)(C)C)ccc43)c2O)c1O.CCOCOc1c(-n2c3ccc(C(C)(C)C)cc3c3cc(C(C)(C)C)ccc32)csc1B1OC(C)(C)C(C)(C)O1.Ic1ccccc1OC[C@@H]1CCCC[C@H]1COc1ccccc1I. The van der Waals surface area contributed by atoms with Gasteiger partial charge in [-0.15, -0.1) is 34.0 Å². The van der Waals surface area contributed by atoms with Gasteiger partial charge >= 0.3 is 7.12 Å². The highest BCUT2D eigenvalue weighted by Crippen LogP contribution is 2.53. The number of rotatable bonds is 22. The maximum atomic E-state index is 12.3. The lowest BCUT2D eigenvalue weighted by Gasteiger charge is -2.32. The molecule has 0 spiro atoms. The van der Waals surface area contributed by atoms with Crippen LogP contribution in [0.25, 0.3) is 103 Å². The van der Waals surface area contributed by atoms with Gasteiger partial charge in [-0.2, -0.15) is 0 Å². The van der Waals surface area contributed by atoms with Crippen LogP contribution in [-0.4, -0.2) is 82.1 Å². The first-order valence-electron chi connectivity index (χ1n) is 50.1. The summed E-state index contributed by atoms with van der Waals surface area (Å²) in [5.41, 5.74) is 17.8. The van der Waals surface area contributed by atoms with E-state index >= 15 is 0 Å². The highest BCUT2D eigenvalue weighted by molar-refractivity contribution is 14.1. The Balaban J connectivity index is 0.000000174. The molecular weight excluding hydrogens is 2020 g/mol. The van der Waals surface area contributed by atoms with Crippen molar-refractivity contribution in [3.05, 3.63) is 263 Å². The molecule has 6 aromatic heterocycles. The van der Waals surface area contributed by atoms with E-state index in [0.717, 1.165) is 143 Å². The third-order valence-corrected chi connectivity index (χ3v) is 34.0. The van der Waals surface area contributed by atoms with Crippen molar-refractivity contribution in [3.8, 4) is 78.2 Å². The van der Waals surface area contributed by atoms with Gasteiger partial charge in [0.25, 0.3) is 0 Å². The van der Waals surface area contributed by atoms with E-state index in [1.54, 1.807) is 34.0 Å². The van der Waals surface area contributed by atoms with Crippen LogP contribution in [-0.2, 0) is 46.5 Å². The average Bonchev–Trinajstić information content (AvgIpc) is 1.56. The Labute approximate surface area is 869 Å². The van der Waals surface area contributed by atoms with Gasteiger partial charge < -0.3 is 61.6 Å². The molecule has 19 rings (SSSR count). The number of hydrogen-bond acceptors (Lipinski definition) is 13. The van der Waals surface area contributed by atoms with Crippen LogP contribution in [0.5, 0.6) is 40.2 Å². The molecule has 2 aliphatic carbocycles. The topological polar surface area (TPSA) is 129 Å². The van der Waals surface area contributed by atoms with Gasteiger partial charge in [0.05, 0.1) is 109 Å². The molecule has 19 heteroatoms. The zero-order valence-electron chi connectivity index (χ0n) is 86.1. The Kier molecular flexibility index (Phi) is 29.7. The fourth-order valence-corrected chi connectivity index (χ4v) is 23.8. The molecule has 16 aromatic rings. The third kappa shape index (κ3) is 21.3. The van der Waals surface area contributed by atoms with Gasteiger partial charge in [0.1, 0.15) is 23.0 Å². The molecule has 0 bridgehead atoms. The Bertz CT molecular complexity index is 6650. The van der Waals surface area contributed by atoms with Crippen molar-refractivity contribution >= 4 is 157 Å². The quantitative estimate of drug-likeness (QED) is 0.0293. The van der Waals surface area contributed by atoms with Gasteiger partial charge in [0.2, 0.25) is 0 Å². The predicted molar refractivity (Wildman–Crippen MR) is 606 cm³/mol. The van der Waals surface area contributed by atoms with Gasteiger partial charge in [0.15, 0.2) is 24.0 Å². The summed E-state index contributed by atoms with van der Waals surface area (Å²) in [5, 5.41) is 38.3. The number of benzene rings is 10. The molecule has 0 amide bonds. The molecule has 140 heavy (non-hydrogen) atoms. The molecule has 7 heterocycles. The minimum atomic E-state index is -0.520. The summed E-state index contributed by atoms with van der Waals surface area (Å²) in [6, 6.07) is 73.8. The first-order valence-corrected chi connectivity index (χ1v) is 54.9. The molecule has 1 aliphatic heterocycles. The van der Waals surface area contributed by atoms with Gasteiger partial charge in [-0.25, -0.2) is 0 Å². The fraction of sp³-hybridized carbons (Fsp3) is 0.405. The van der Waals surface area contributed by atoms with Crippen LogP contribution in [0, 0.1) is 30.8 Å². The second-order valence-corrected chi connectivity index (χ2v) is 50.9. The predicted octanol–water partition coefficient (Wildman–Crippen LogP) is 33.5. The smallest absolute Gasteiger partial charge is 0.504 e. The largest absolute Gasteiger partial charge is 0.509 e. The first-order chi connectivity index (χ1) is 66.3. The highest BCUT2D eigenvalue weighted by Gasteiger charge is 2.54. The van der Waals surface area contributed by atoms with Crippen molar-refractivity contribution in [1.29, 1.82) is 0 Å². The molecular formula is C121H140BI2N3O10S3. The molecule has 4 atom stereocenters. The molecule has 3 aliphatic rings. The van der Waals surface area contributed by atoms with E-state index in [2.05, 4.69) is 373 Å². The lowest BCUT2D eigenvalue weighted by atomic mass is 9.80. The maximum Gasteiger partial charge on any atom is 0.509 e. The fourth-order valence-electron chi connectivity index (χ4n) is 19.9. The standard InChI is InChI=1S/C68H74N2O4S2.C33H44BNO4S.C20H22I2O2/c1-65(2,3)43-25-29-53-49(33-43)50-34-44(66(4,5)6)26-30-54(50)69(53)57-39-75-63(61(57)71)47-21-15-17-23-59(47)73-37-41-19-13-14-20-42(41)38-74-60-24-18-16-22-48(60)64-62(72)58(40-76-64)70-55-31-27-45(67(7,8)9)35-51(55)52-36-46(68(10,11)12)28-32-56(52)70;1-12-36-20-37-28-27(19-40-29(28)34-38-32(8,9)33(10,11)39-34)35-25-15-13-21(30(2,3)4)17-23(25)24-18-22(31(5,6)7)14-16-26(24)35;21-17-9-3-5-11-19(17)23-13-15-7-1-2-8-16(15)14-24-20-12-6-4-10-18(20)22/h15-18,21-36,39-42,71-72H,13-14,19-20,37-38H2,1-12H3;13-19H,12,20H2,1-11H3;3-6,9-12,15-16H,1-2,7-8,13-14H2/t41-,42-;;15-,16-/m0.0/s1. The Morgan fingerprint density at radius 1 is 0.350 bits per heavy atom. The normalized spacial score (nSPS) is 17.1. The van der Waals surface area contributed by atoms with Crippen molar-refractivity contribution in [2.45, 2.75) is 254 Å². The van der Waals surface area contributed by atoms with Crippen LogP contribution in [0.4, 0.5) is 0 Å². The number of thiophene rings is 3. The Morgan fingerprint density at radius 2 is 0.614 bits per heavy atom. The highest BCUT2D eigenvalue weighted by atomic mass is 127. The number of ether oxygens (including phenoxy) is 6. The Morgan fingerprint density at radius 3 is 0.900 bits per heavy atom. The lowest BCUT2D eigenvalue weighted by Crippen LogP contribution is -2.41. The number of hydrogen-bond donors (Lipinski definition) is 2. The van der Waals surface area contributed by atoms with E-state index in [1.165, 1.54) is 98.5 Å². The summed E-state index contributed by atoms with van der Waals surface area (Å²) in [6.45, 7) is 54.4. The summed E-state index contributed by atoms with van der Waals surface area (Å²) >= 11 is 9.40. The summed E-state index contributed by atoms with van der Waals surface area (Å²) in [4.78, 5) is 1.58. The molecule has 1 saturated heterocycles. The van der Waals surface area contributed by atoms with Crippen LogP contribution in [0.1, 0.15) is 244 Å². The number of para-hydroxylation sites is 4. The molecule has 0 unspecified atom stereocenters. The van der Waals surface area contributed by atoms with Crippen LogP contribution in [0.3, 0.4) is 0 Å². The summed E-state index contributed by atoms with van der Waals surface area (Å²) in [7, 11) is -0.520. The number of halogens is 2. The van der Waals surface area contributed by atoms with E-state index in [4.69, 9.17) is 37.7 Å². The third-order valence-electron chi connectivity index (χ3n) is 29.3. The minimum absolute atomic E-state index is 0.00614. The number of aromatic hydroxyl groups is 2. The monoisotopic (exact) mass is 2160 g/mol. The molecule has 734 valence electrons. The molecule has 0 radical (unpaired) electrons. The van der Waals surface area contributed by atoms with Gasteiger partial charge in [-0.1, -0.05) is 235 Å². The zero-order valence-corrected chi connectivity index (χ0v) is 92.9. The van der Waals surface area contributed by atoms with Crippen LogP contribution in [0.2, 0.25) is 0 Å². The van der Waals surface area contributed by atoms with Crippen molar-refractivity contribution in [2.24, 2.45) is 23.7 Å². The summed E-state index contributed by atoms with van der Waals surface area (Å²) < 4.78 is 61.0. The molecule has 2 saturated carbocycles. The first kappa shape index (κ1) is 102. The van der Waals surface area contributed by atoms with Gasteiger partial charge in [0, 0.05) is 66.2 Å². The maximum absolute atomic E-state index is 12.3. The molecule has 3 fully saturated rings. The molecule has 2 N–H and O–H groups in total. The van der Waals surface area contributed by atoms with E-state index in [9.17, 15) is 10.2 Å². The van der Waals surface area contributed by atoms with Crippen LogP contribution in [0.15, 0.2) is 222 Å². The molecule has 10 aromatic carbocycles. The number of fused-ring (bicyclic) bond motifs is 9. The second-order valence-electron chi connectivity index (χ2n) is 45.9. The van der Waals surface area contributed by atoms with Crippen molar-refractivity contribution in [1.82, 2.24) is 13.7 Å². The van der Waals surface area contributed by atoms with Crippen molar-refractivity contribution in [3.63, 3.8) is 0 Å². The van der Waals surface area contributed by atoms with Crippen molar-refractivity contribution < 1.29 is 47.9 Å². The minimum Gasteiger partial charge on any atom is -0.504 e. The van der Waals surface area contributed by atoms with E-state index in [1.807, 2.05) is 67.6 Å². The van der Waals surface area contributed by atoms with Crippen LogP contribution >= 0.6 is 79.2 Å². The molecule has 13 nitrogen and oxygen atoms in total.